The Morgan fingerprint density at radius 3 is 2.12 bits per heavy atom. The SMILES string of the molecule is COc1ccccc1N1CCN(C(C(=O)NCc2ccc(C)cc2)c2ccc(C)cc2)CC1. The van der Waals surface area contributed by atoms with E-state index >= 15 is 0 Å². The Hall–Kier alpha value is -3.31. The molecule has 0 saturated carbocycles. The van der Waals surface area contributed by atoms with Crippen molar-refractivity contribution in [2.75, 3.05) is 38.2 Å². The molecule has 1 amide bonds. The van der Waals surface area contributed by atoms with Crippen molar-refractivity contribution in [2.24, 2.45) is 0 Å². The topological polar surface area (TPSA) is 44.8 Å². The van der Waals surface area contributed by atoms with Gasteiger partial charge >= 0.3 is 0 Å². The summed E-state index contributed by atoms with van der Waals surface area (Å²) in [4.78, 5) is 18.1. The molecule has 1 aliphatic rings. The van der Waals surface area contributed by atoms with E-state index in [4.69, 9.17) is 4.74 Å². The average molecular weight is 444 g/mol. The quantitative estimate of drug-likeness (QED) is 0.584. The lowest BCUT2D eigenvalue weighted by Crippen LogP contribution is -2.51. The summed E-state index contributed by atoms with van der Waals surface area (Å²) in [6.07, 6.45) is 0. The highest BCUT2D eigenvalue weighted by Gasteiger charge is 2.31. The molecule has 0 bridgehead atoms. The monoisotopic (exact) mass is 443 g/mol. The minimum absolute atomic E-state index is 0.0465. The van der Waals surface area contributed by atoms with Gasteiger partial charge in [-0.15, -0.1) is 0 Å². The second kappa shape index (κ2) is 10.5. The molecule has 4 rings (SSSR count). The molecular formula is C28H33N3O2. The van der Waals surface area contributed by atoms with E-state index in [9.17, 15) is 4.79 Å². The molecule has 3 aromatic carbocycles. The number of aryl methyl sites for hydroxylation is 2. The fraction of sp³-hybridized carbons (Fsp3) is 0.321. The van der Waals surface area contributed by atoms with Gasteiger partial charge in [0, 0.05) is 32.7 Å². The Kier molecular flexibility index (Phi) is 7.30. The van der Waals surface area contributed by atoms with E-state index in [-0.39, 0.29) is 11.9 Å². The van der Waals surface area contributed by atoms with E-state index in [1.54, 1.807) is 7.11 Å². The molecule has 1 unspecified atom stereocenters. The number of methoxy groups -OCH3 is 1. The summed E-state index contributed by atoms with van der Waals surface area (Å²) in [5, 5.41) is 3.18. The zero-order valence-corrected chi connectivity index (χ0v) is 19.8. The average Bonchev–Trinajstić information content (AvgIpc) is 2.85. The molecular weight excluding hydrogens is 410 g/mol. The number of carbonyl (C=O) groups excluding carboxylic acids is 1. The normalized spacial score (nSPS) is 15.2. The molecule has 1 atom stereocenters. The summed E-state index contributed by atoms with van der Waals surface area (Å²) >= 11 is 0. The number of hydrogen-bond acceptors (Lipinski definition) is 4. The summed E-state index contributed by atoms with van der Waals surface area (Å²) in [5.41, 5.74) is 5.66. The predicted molar refractivity (Wildman–Crippen MR) is 134 cm³/mol. The van der Waals surface area contributed by atoms with E-state index in [1.807, 2.05) is 18.2 Å². The number of amides is 1. The van der Waals surface area contributed by atoms with Gasteiger partial charge in [0.1, 0.15) is 11.8 Å². The van der Waals surface area contributed by atoms with Crippen LogP contribution in [0.5, 0.6) is 5.75 Å². The van der Waals surface area contributed by atoms with Gasteiger partial charge in [0.25, 0.3) is 0 Å². The van der Waals surface area contributed by atoms with Crippen LogP contribution in [0.25, 0.3) is 0 Å². The Morgan fingerprint density at radius 1 is 0.879 bits per heavy atom. The highest BCUT2D eigenvalue weighted by atomic mass is 16.5. The molecule has 3 aromatic rings. The number of nitrogens with zero attached hydrogens (tertiary/aromatic N) is 2. The van der Waals surface area contributed by atoms with E-state index < -0.39 is 0 Å². The van der Waals surface area contributed by atoms with E-state index in [0.29, 0.717) is 6.54 Å². The van der Waals surface area contributed by atoms with Gasteiger partial charge in [0.2, 0.25) is 5.91 Å². The van der Waals surface area contributed by atoms with Gasteiger partial charge in [-0.05, 0) is 37.1 Å². The number of hydrogen-bond donors (Lipinski definition) is 1. The third-order valence-electron chi connectivity index (χ3n) is 6.33. The number of carbonyl (C=O) groups is 1. The minimum Gasteiger partial charge on any atom is -0.495 e. The van der Waals surface area contributed by atoms with Gasteiger partial charge in [-0.25, -0.2) is 0 Å². The van der Waals surface area contributed by atoms with Gasteiger partial charge in [0.05, 0.1) is 12.8 Å². The molecule has 33 heavy (non-hydrogen) atoms. The highest BCUT2D eigenvalue weighted by molar-refractivity contribution is 5.83. The van der Waals surface area contributed by atoms with Crippen LogP contribution in [0.15, 0.2) is 72.8 Å². The highest BCUT2D eigenvalue weighted by Crippen LogP contribution is 2.30. The predicted octanol–water partition coefficient (Wildman–Crippen LogP) is 4.49. The first kappa shape index (κ1) is 22.9. The lowest BCUT2D eigenvalue weighted by atomic mass is 10.0. The standard InChI is InChI=1S/C28H33N3O2/c1-21-8-12-23(13-9-21)20-29-28(32)27(24-14-10-22(2)11-15-24)31-18-16-30(17-19-31)25-6-4-5-7-26(25)33-3/h4-15,27H,16-20H2,1-3H3,(H,29,32). The van der Waals surface area contributed by atoms with Crippen molar-refractivity contribution in [1.82, 2.24) is 10.2 Å². The molecule has 5 heteroatoms. The molecule has 1 saturated heterocycles. The Balaban J connectivity index is 1.48. The van der Waals surface area contributed by atoms with Crippen LogP contribution in [-0.4, -0.2) is 44.1 Å². The lowest BCUT2D eigenvalue weighted by molar-refractivity contribution is -0.127. The molecule has 172 valence electrons. The van der Waals surface area contributed by atoms with Crippen LogP contribution < -0.4 is 15.0 Å². The summed E-state index contributed by atoms with van der Waals surface area (Å²) in [5.74, 6) is 0.932. The molecule has 1 N–H and O–H groups in total. The van der Waals surface area contributed by atoms with Gasteiger partial charge in [-0.3, -0.25) is 9.69 Å². The Labute approximate surface area is 197 Å². The molecule has 0 aromatic heterocycles. The summed E-state index contributed by atoms with van der Waals surface area (Å²) < 4.78 is 5.55. The van der Waals surface area contributed by atoms with Crippen molar-refractivity contribution in [2.45, 2.75) is 26.4 Å². The number of piperazine rings is 1. The fourth-order valence-corrected chi connectivity index (χ4v) is 4.38. The van der Waals surface area contributed by atoms with Crippen molar-refractivity contribution >= 4 is 11.6 Å². The summed E-state index contributed by atoms with van der Waals surface area (Å²) in [7, 11) is 1.71. The fourth-order valence-electron chi connectivity index (χ4n) is 4.38. The second-order valence-corrected chi connectivity index (χ2v) is 8.71. The van der Waals surface area contributed by atoms with Crippen LogP contribution in [0.3, 0.4) is 0 Å². The van der Waals surface area contributed by atoms with Crippen LogP contribution in [-0.2, 0) is 11.3 Å². The van der Waals surface area contributed by atoms with Gasteiger partial charge in [0.15, 0.2) is 0 Å². The smallest absolute Gasteiger partial charge is 0.242 e. The third kappa shape index (κ3) is 5.55. The molecule has 0 spiro atoms. The number of rotatable bonds is 7. The lowest BCUT2D eigenvalue weighted by Gasteiger charge is -2.40. The van der Waals surface area contributed by atoms with E-state index in [0.717, 1.165) is 48.7 Å². The van der Waals surface area contributed by atoms with Gasteiger partial charge in [-0.2, -0.15) is 0 Å². The molecule has 0 aliphatic carbocycles. The largest absolute Gasteiger partial charge is 0.495 e. The molecule has 1 aliphatic heterocycles. The van der Waals surface area contributed by atoms with Gasteiger partial charge < -0.3 is 15.0 Å². The summed E-state index contributed by atoms with van der Waals surface area (Å²) in [6.45, 7) is 7.95. The number of benzene rings is 3. The van der Waals surface area contributed by atoms with Crippen molar-refractivity contribution in [3.63, 3.8) is 0 Å². The first-order valence-electron chi connectivity index (χ1n) is 11.6. The van der Waals surface area contributed by atoms with Crippen molar-refractivity contribution in [1.29, 1.82) is 0 Å². The van der Waals surface area contributed by atoms with Crippen molar-refractivity contribution in [3.8, 4) is 5.75 Å². The second-order valence-electron chi connectivity index (χ2n) is 8.71. The molecule has 1 heterocycles. The zero-order valence-electron chi connectivity index (χ0n) is 19.8. The maximum Gasteiger partial charge on any atom is 0.242 e. The zero-order chi connectivity index (χ0) is 23.2. The number of nitrogens with one attached hydrogen (secondary N) is 1. The van der Waals surface area contributed by atoms with Crippen molar-refractivity contribution in [3.05, 3.63) is 95.1 Å². The molecule has 1 fully saturated rings. The third-order valence-corrected chi connectivity index (χ3v) is 6.33. The van der Waals surface area contributed by atoms with Crippen LogP contribution in [0.1, 0.15) is 28.3 Å². The first-order valence-corrected chi connectivity index (χ1v) is 11.6. The van der Waals surface area contributed by atoms with Crippen LogP contribution in [0.2, 0.25) is 0 Å². The number of ether oxygens (including phenoxy) is 1. The first-order chi connectivity index (χ1) is 16.0. The molecule has 5 nitrogen and oxygen atoms in total. The minimum atomic E-state index is -0.309. The Morgan fingerprint density at radius 2 is 1.48 bits per heavy atom. The van der Waals surface area contributed by atoms with Crippen LogP contribution in [0.4, 0.5) is 5.69 Å². The number of para-hydroxylation sites is 2. The molecule has 0 radical (unpaired) electrons. The summed E-state index contributed by atoms with van der Waals surface area (Å²) in [6, 6.07) is 24.4. The van der Waals surface area contributed by atoms with Gasteiger partial charge in [-0.1, -0.05) is 71.8 Å². The Bertz CT molecular complexity index is 1060. The van der Waals surface area contributed by atoms with Crippen LogP contribution >= 0.6 is 0 Å². The maximum atomic E-state index is 13.4. The van der Waals surface area contributed by atoms with Crippen molar-refractivity contribution < 1.29 is 9.53 Å². The van der Waals surface area contributed by atoms with Crippen LogP contribution in [0, 0.1) is 13.8 Å². The maximum absolute atomic E-state index is 13.4. The van der Waals surface area contributed by atoms with E-state index in [1.165, 1.54) is 11.1 Å². The van der Waals surface area contributed by atoms with E-state index in [2.05, 4.69) is 83.6 Å². The number of anilines is 1.